The molecule has 0 aliphatic carbocycles. The molecule has 0 bridgehead atoms. The normalized spacial score (nSPS) is 17.3. The van der Waals surface area contributed by atoms with Gasteiger partial charge in [0.2, 0.25) is 24.4 Å². The van der Waals surface area contributed by atoms with E-state index in [1.54, 1.807) is 24.0 Å². The van der Waals surface area contributed by atoms with E-state index in [9.17, 15) is 9.59 Å². The Kier molecular flexibility index (Phi) is 9.30. The molecule has 0 aromatic heterocycles. The summed E-state index contributed by atoms with van der Waals surface area (Å²) in [5.41, 5.74) is 1.92. The highest BCUT2D eigenvalue weighted by atomic mass is 16.7. The zero-order valence-electron chi connectivity index (χ0n) is 22.6. The summed E-state index contributed by atoms with van der Waals surface area (Å²) in [5, 5.41) is 0. The highest BCUT2D eigenvalue weighted by Gasteiger charge is 2.30. The molecule has 2 aromatic carbocycles. The van der Waals surface area contributed by atoms with E-state index in [4.69, 9.17) is 23.7 Å². The van der Waals surface area contributed by atoms with Crippen molar-refractivity contribution in [2.45, 2.75) is 33.0 Å². The average molecular weight is 528 g/mol. The van der Waals surface area contributed by atoms with Crippen molar-refractivity contribution >= 4 is 11.8 Å². The summed E-state index contributed by atoms with van der Waals surface area (Å²) in [6, 6.07) is 11.5. The van der Waals surface area contributed by atoms with Crippen molar-refractivity contribution in [1.29, 1.82) is 0 Å². The third-order valence-corrected chi connectivity index (χ3v) is 6.81. The molecule has 38 heavy (non-hydrogen) atoms. The molecular weight excluding hydrogens is 490 g/mol. The van der Waals surface area contributed by atoms with Crippen molar-refractivity contribution in [1.82, 2.24) is 14.7 Å². The Morgan fingerprint density at radius 3 is 2.45 bits per heavy atom. The molecule has 1 unspecified atom stereocenters. The van der Waals surface area contributed by atoms with Crippen LogP contribution in [0.5, 0.6) is 23.0 Å². The van der Waals surface area contributed by atoms with Crippen molar-refractivity contribution in [3.05, 3.63) is 47.5 Å². The van der Waals surface area contributed by atoms with Gasteiger partial charge in [-0.2, -0.15) is 0 Å². The molecule has 2 aromatic rings. The summed E-state index contributed by atoms with van der Waals surface area (Å²) in [6.45, 7) is 7.30. The maximum atomic E-state index is 13.4. The average Bonchev–Trinajstić information content (AvgIpc) is 3.35. The molecule has 206 valence electrons. The van der Waals surface area contributed by atoms with Crippen LogP contribution in [0.1, 0.15) is 25.0 Å². The number of likely N-dealkylation sites (N-methyl/N-ethyl adjacent to an activating group) is 1. The minimum Gasteiger partial charge on any atom is -0.497 e. The summed E-state index contributed by atoms with van der Waals surface area (Å²) >= 11 is 0. The Hall–Kier alpha value is -3.50. The Bertz CT molecular complexity index is 1100. The number of carbonyl (C=O) groups excluding carboxylic acids is 2. The molecule has 2 amide bonds. The van der Waals surface area contributed by atoms with Crippen LogP contribution in [0.2, 0.25) is 0 Å². The molecule has 1 saturated heterocycles. The lowest BCUT2D eigenvalue weighted by Gasteiger charge is -2.26. The lowest BCUT2D eigenvalue weighted by Crippen LogP contribution is -2.40. The third kappa shape index (κ3) is 6.68. The van der Waals surface area contributed by atoms with E-state index < -0.39 is 0 Å². The first-order valence-corrected chi connectivity index (χ1v) is 12.9. The number of rotatable bonds is 11. The van der Waals surface area contributed by atoms with Gasteiger partial charge in [-0.25, -0.2) is 0 Å². The van der Waals surface area contributed by atoms with Crippen LogP contribution in [0.25, 0.3) is 0 Å². The number of fused-ring (bicyclic) bond motifs is 1. The molecule has 0 spiro atoms. The zero-order valence-corrected chi connectivity index (χ0v) is 22.6. The second-order valence-electron chi connectivity index (χ2n) is 9.32. The van der Waals surface area contributed by atoms with Crippen LogP contribution in [0.3, 0.4) is 0 Å². The van der Waals surface area contributed by atoms with Crippen molar-refractivity contribution in [2.24, 2.45) is 0 Å². The number of ether oxygens (including phenoxy) is 5. The third-order valence-electron chi connectivity index (χ3n) is 6.81. The molecule has 2 aliphatic heterocycles. The number of benzene rings is 2. The SMILES string of the molecule is CCN(CC)C(=O)COC1CN(Cc2cc(OC)c3c(c2)OCO3)CC(=O)N(Cc2ccc(OC)cc2)C1. The number of amides is 2. The highest BCUT2D eigenvalue weighted by Crippen LogP contribution is 2.42. The monoisotopic (exact) mass is 527 g/mol. The highest BCUT2D eigenvalue weighted by molar-refractivity contribution is 5.79. The summed E-state index contributed by atoms with van der Waals surface area (Å²) in [6.07, 6.45) is -0.338. The zero-order chi connectivity index (χ0) is 27.1. The summed E-state index contributed by atoms with van der Waals surface area (Å²) < 4.78 is 28.0. The Morgan fingerprint density at radius 2 is 1.76 bits per heavy atom. The van der Waals surface area contributed by atoms with Gasteiger partial charge < -0.3 is 33.5 Å². The van der Waals surface area contributed by atoms with Crippen molar-refractivity contribution < 1.29 is 33.3 Å². The van der Waals surface area contributed by atoms with Gasteiger partial charge in [0.25, 0.3) is 0 Å². The maximum absolute atomic E-state index is 13.4. The largest absolute Gasteiger partial charge is 0.497 e. The lowest BCUT2D eigenvalue weighted by atomic mass is 10.1. The van der Waals surface area contributed by atoms with E-state index >= 15 is 0 Å². The number of carbonyl (C=O) groups is 2. The Labute approximate surface area is 223 Å². The van der Waals surface area contributed by atoms with E-state index in [1.807, 2.05) is 55.1 Å². The fourth-order valence-corrected chi connectivity index (χ4v) is 4.77. The van der Waals surface area contributed by atoms with Gasteiger partial charge in [-0.1, -0.05) is 12.1 Å². The molecule has 10 nitrogen and oxygen atoms in total. The van der Waals surface area contributed by atoms with Gasteiger partial charge >= 0.3 is 0 Å². The van der Waals surface area contributed by atoms with Gasteiger partial charge in [0, 0.05) is 39.3 Å². The number of methoxy groups -OCH3 is 2. The number of hydrogen-bond donors (Lipinski definition) is 0. The first-order chi connectivity index (χ1) is 18.4. The molecule has 1 fully saturated rings. The maximum Gasteiger partial charge on any atom is 0.248 e. The Morgan fingerprint density at radius 1 is 1.00 bits per heavy atom. The van der Waals surface area contributed by atoms with E-state index in [0.29, 0.717) is 56.5 Å². The van der Waals surface area contributed by atoms with Gasteiger partial charge in [0.15, 0.2) is 11.5 Å². The molecule has 0 radical (unpaired) electrons. The first kappa shape index (κ1) is 27.5. The molecule has 10 heteroatoms. The molecule has 4 rings (SSSR count). The van der Waals surface area contributed by atoms with Crippen LogP contribution < -0.4 is 18.9 Å². The molecular formula is C28H37N3O7. The van der Waals surface area contributed by atoms with Crippen LogP contribution >= 0.6 is 0 Å². The van der Waals surface area contributed by atoms with Crippen LogP contribution in [0.15, 0.2) is 36.4 Å². The lowest BCUT2D eigenvalue weighted by molar-refractivity contribution is -0.138. The smallest absolute Gasteiger partial charge is 0.248 e. The van der Waals surface area contributed by atoms with E-state index in [0.717, 1.165) is 16.9 Å². The first-order valence-electron chi connectivity index (χ1n) is 12.9. The quantitative estimate of drug-likeness (QED) is 0.441. The van der Waals surface area contributed by atoms with Crippen molar-refractivity contribution in [2.75, 3.05) is 60.3 Å². The summed E-state index contributed by atoms with van der Waals surface area (Å²) in [7, 11) is 3.21. The van der Waals surface area contributed by atoms with Gasteiger partial charge in [-0.15, -0.1) is 0 Å². The molecule has 2 aliphatic rings. The van der Waals surface area contributed by atoms with E-state index in [1.165, 1.54) is 0 Å². The molecule has 2 heterocycles. The van der Waals surface area contributed by atoms with Crippen LogP contribution in [-0.4, -0.2) is 93.0 Å². The van der Waals surface area contributed by atoms with Crippen LogP contribution in [0, 0.1) is 0 Å². The predicted molar refractivity (Wildman–Crippen MR) is 140 cm³/mol. The topological polar surface area (TPSA) is 90.0 Å². The minimum atomic E-state index is -0.338. The minimum absolute atomic E-state index is 0.00491. The fraction of sp³-hybridized carbons (Fsp3) is 0.500. The van der Waals surface area contributed by atoms with E-state index in [-0.39, 0.29) is 37.9 Å². The van der Waals surface area contributed by atoms with Gasteiger partial charge in [-0.3, -0.25) is 14.5 Å². The molecule has 1 atom stereocenters. The summed E-state index contributed by atoms with van der Waals surface area (Å²) in [5.74, 6) is 2.51. The molecule has 0 N–H and O–H groups in total. The standard InChI is InChI=1S/C28H37N3O7/c1-5-30(6-2)27(33)18-36-23-15-29(13-21-11-24(35-4)28-25(12-21)37-19-38-28)17-26(32)31(16-23)14-20-7-9-22(34-3)10-8-20/h7-12,23H,5-6,13-19H2,1-4H3. The Balaban J connectivity index is 1.51. The fourth-order valence-electron chi connectivity index (χ4n) is 4.77. The second-order valence-corrected chi connectivity index (χ2v) is 9.32. The summed E-state index contributed by atoms with van der Waals surface area (Å²) in [4.78, 5) is 31.6. The number of nitrogens with zero attached hydrogens (tertiary/aromatic N) is 3. The van der Waals surface area contributed by atoms with Gasteiger partial charge in [-0.05, 0) is 49.2 Å². The van der Waals surface area contributed by atoms with Crippen molar-refractivity contribution in [3.8, 4) is 23.0 Å². The van der Waals surface area contributed by atoms with Gasteiger partial charge in [0.1, 0.15) is 12.4 Å². The molecule has 0 saturated carbocycles. The van der Waals surface area contributed by atoms with E-state index in [2.05, 4.69) is 0 Å². The van der Waals surface area contributed by atoms with Gasteiger partial charge in [0.05, 0.1) is 26.9 Å². The second kappa shape index (κ2) is 12.8. The predicted octanol–water partition coefficient (Wildman–Crippen LogP) is 2.53. The van der Waals surface area contributed by atoms with Crippen molar-refractivity contribution in [3.63, 3.8) is 0 Å². The van der Waals surface area contributed by atoms with Crippen LogP contribution in [0.4, 0.5) is 0 Å². The number of hydrogen-bond acceptors (Lipinski definition) is 8. The van der Waals surface area contributed by atoms with Crippen LogP contribution in [-0.2, 0) is 27.4 Å².